The van der Waals surface area contributed by atoms with Crippen molar-refractivity contribution >= 4 is 0 Å². The van der Waals surface area contributed by atoms with E-state index in [2.05, 4.69) is 31.0 Å². The molecule has 1 fully saturated rings. The topological polar surface area (TPSA) is 35.5 Å². The van der Waals surface area contributed by atoms with Crippen LogP contribution in [0.3, 0.4) is 0 Å². The van der Waals surface area contributed by atoms with Gasteiger partial charge in [0.2, 0.25) is 0 Å². The number of nitrogens with zero attached hydrogens (tertiary/aromatic N) is 1. The number of aliphatic hydroxyl groups is 1. The van der Waals surface area contributed by atoms with Crippen molar-refractivity contribution in [1.29, 1.82) is 0 Å². The van der Waals surface area contributed by atoms with E-state index in [4.69, 9.17) is 0 Å². The lowest BCUT2D eigenvalue weighted by Crippen LogP contribution is -2.46. The number of nitrogens with one attached hydrogen (secondary N) is 1. The van der Waals surface area contributed by atoms with E-state index < -0.39 is 0 Å². The van der Waals surface area contributed by atoms with Crippen molar-refractivity contribution in [2.45, 2.75) is 58.4 Å². The molecule has 0 aliphatic carbocycles. The summed E-state index contributed by atoms with van der Waals surface area (Å²) in [4.78, 5) is 2.60. The van der Waals surface area contributed by atoms with Gasteiger partial charge in [-0.1, -0.05) is 20.3 Å². The van der Waals surface area contributed by atoms with Gasteiger partial charge in [-0.15, -0.1) is 0 Å². The van der Waals surface area contributed by atoms with Gasteiger partial charge in [-0.25, -0.2) is 0 Å². The molecule has 0 bridgehead atoms. The molecule has 2 unspecified atom stereocenters. The van der Waals surface area contributed by atoms with Crippen molar-refractivity contribution in [3.05, 3.63) is 0 Å². The smallest absolute Gasteiger partial charge is 0.0610 e. The molecule has 1 rings (SSSR count). The van der Waals surface area contributed by atoms with E-state index in [9.17, 15) is 5.11 Å². The average Bonchev–Trinajstić information content (AvgIpc) is 2.78. The lowest BCUT2D eigenvalue weighted by molar-refractivity contribution is 0.160. The second-order valence-electron chi connectivity index (χ2n) is 6.10. The van der Waals surface area contributed by atoms with E-state index >= 15 is 0 Å². The third-order valence-electron chi connectivity index (χ3n) is 4.22. The Balaban J connectivity index is 2.18. The van der Waals surface area contributed by atoms with Crippen molar-refractivity contribution in [3.63, 3.8) is 0 Å². The lowest BCUT2D eigenvalue weighted by atomic mass is 9.96. The van der Waals surface area contributed by atoms with Gasteiger partial charge in [-0.05, 0) is 58.2 Å². The molecule has 1 aliphatic rings. The van der Waals surface area contributed by atoms with E-state index in [1.807, 2.05) is 0 Å². The number of hydrogen-bond acceptors (Lipinski definition) is 3. The monoisotopic (exact) mass is 256 g/mol. The predicted molar refractivity (Wildman–Crippen MR) is 77.9 cm³/mol. The number of aliphatic hydroxyl groups excluding tert-OH is 1. The Labute approximate surface area is 113 Å². The highest BCUT2D eigenvalue weighted by Crippen LogP contribution is 2.21. The van der Waals surface area contributed by atoms with E-state index in [-0.39, 0.29) is 12.1 Å². The first-order valence-electron chi connectivity index (χ1n) is 7.71. The number of rotatable bonds is 9. The van der Waals surface area contributed by atoms with Gasteiger partial charge in [0.05, 0.1) is 6.61 Å². The summed E-state index contributed by atoms with van der Waals surface area (Å²) < 4.78 is 0. The standard InChI is InChI=1S/C15H32N2O/c1-4-7-14-8-11-17(12-14)10-6-9-15(3,13-18)16-5-2/h14,16,18H,4-13H2,1-3H3. The molecule has 3 nitrogen and oxygen atoms in total. The van der Waals surface area contributed by atoms with E-state index in [0.717, 1.165) is 18.9 Å². The van der Waals surface area contributed by atoms with Crippen LogP contribution < -0.4 is 5.32 Å². The zero-order valence-electron chi connectivity index (χ0n) is 12.5. The maximum Gasteiger partial charge on any atom is 0.0610 e. The summed E-state index contributed by atoms with van der Waals surface area (Å²) >= 11 is 0. The summed E-state index contributed by atoms with van der Waals surface area (Å²) in [7, 11) is 0. The Morgan fingerprint density at radius 1 is 1.39 bits per heavy atom. The zero-order valence-corrected chi connectivity index (χ0v) is 12.5. The molecule has 0 amide bonds. The first-order valence-corrected chi connectivity index (χ1v) is 7.71. The zero-order chi connectivity index (χ0) is 13.4. The third kappa shape index (κ3) is 5.25. The van der Waals surface area contributed by atoms with Gasteiger partial charge in [0.1, 0.15) is 0 Å². The fourth-order valence-electron chi connectivity index (χ4n) is 3.10. The molecule has 0 spiro atoms. The van der Waals surface area contributed by atoms with Crippen LogP contribution in [0, 0.1) is 5.92 Å². The highest BCUT2D eigenvalue weighted by Gasteiger charge is 2.24. The fourth-order valence-corrected chi connectivity index (χ4v) is 3.10. The summed E-state index contributed by atoms with van der Waals surface area (Å²) in [6, 6.07) is 0. The lowest BCUT2D eigenvalue weighted by Gasteiger charge is -2.29. The minimum absolute atomic E-state index is 0.0860. The summed E-state index contributed by atoms with van der Waals surface area (Å²) in [5.74, 6) is 0.938. The predicted octanol–water partition coefficient (Wildman–Crippen LogP) is 2.25. The largest absolute Gasteiger partial charge is 0.394 e. The van der Waals surface area contributed by atoms with Gasteiger partial charge in [-0.2, -0.15) is 0 Å². The van der Waals surface area contributed by atoms with Crippen molar-refractivity contribution < 1.29 is 5.11 Å². The van der Waals surface area contributed by atoms with Crippen LogP contribution in [0.25, 0.3) is 0 Å². The minimum Gasteiger partial charge on any atom is -0.394 e. The van der Waals surface area contributed by atoms with Gasteiger partial charge in [0, 0.05) is 12.1 Å². The molecule has 108 valence electrons. The van der Waals surface area contributed by atoms with Crippen molar-refractivity contribution in [3.8, 4) is 0 Å². The quantitative estimate of drug-likeness (QED) is 0.664. The molecule has 1 saturated heterocycles. The van der Waals surface area contributed by atoms with Gasteiger partial charge in [0.15, 0.2) is 0 Å². The van der Waals surface area contributed by atoms with Crippen LogP contribution in [0.5, 0.6) is 0 Å². The second-order valence-corrected chi connectivity index (χ2v) is 6.10. The van der Waals surface area contributed by atoms with E-state index in [1.165, 1.54) is 45.3 Å². The Bertz CT molecular complexity index is 223. The number of likely N-dealkylation sites (tertiary alicyclic amines) is 1. The second kappa shape index (κ2) is 8.13. The Morgan fingerprint density at radius 3 is 2.78 bits per heavy atom. The third-order valence-corrected chi connectivity index (χ3v) is 4.22. The molecule has 2 N–H and O–H groups in total. The van der Waals surface area contributed by atoms with Gasteiger partial charge < -0.3 is 15.3 Å². The Kier molecular flexibility index (Phi) is 7.20. The fraction of sp³-hybridized carbons (Fsp3) is 1.00. The minimum atomic E-state index is -0.0860. The molecule has 1 aliphatic heterocycles. The summed E-state index contributed by atoms with van der Waals surface area (Å²) in [6.45, 7) is 11.4. The highest BCUT2D eigenvalue weighted by atomic mass is 16.3. The van der Waals surface area contributed by atoms with Crippen LogP contribution in [0.15, 0.2) is 0 Å². The van der Waals surface area contributed by atoms with Crippen LogP contribution in [0.1, 0.15) is 52.9 Å². The summed E-state index contributed by atoms with van der Waals surface area (Å²) in [5, 5.41) is 12.8. The number of likely N-dealkylation sites (N-methyl/N-ethyl adjacent to an activating group) is 1. The molecule has 18 heavy (non-hydrogen) atoms. The summed E-state index contributed by atoms with van der Waals surface area (Å²) in [6.07, 6.45) is 6.34. The van der Waals surface area contributed by atoms with Crippen LogP contribution in [0.2, 0.25) is 0 Å². The first-order chi connectivity index (χ1) is 8.63. The maximum atomic E-state index is 9.44. The molecule has 2 atom stereocenters. The molecule has 0 aromatic carbocycles. The molecule has 0 aromatic rings. The molecular weight excluding hydrogens is 224 g/mol. The average molecular weight is 256 g/mol. The Hall–Kier alpha value is -0.120. The van der Waals surface area contributed by atoms with Crippen molar-refractivity contribution in [2.24, 2.45) is 5.92 Å². The van der Waals surface area contributed by atoms with Crippen LogP contribution >= 0.6 is 0 Å². The van der Waals surface area contributed by atoms with Crippen LogP contribution in [-0.4, -0.2) is 48.3 Å². The van der Waals surface area contributed by atoms with Crippen LogP contribution in [0.4, 0.5) is 0 Å². The van der Waals surface area contributed by atoms with Crippen LogP contribution in [-0.2, 0) is 0 Å². The molecular formula is C15H32N2O. The highest BCUT2D eigenvalue weighted by molar-refractivity contribution is 4.83. The van der Waals surface area contributed by atoms with Gasteiger partial charge >= 0.3 is 0 Å². The Morgan fingerprint density at radius 2 is 2.17 bits per heavy atom. The summed E-state index contributed by atoms with van der Waals surface area (Å²) in [5.41, 5.74) is -0.0860. The molecule has 3 heteroatoms. The first kappa shape index (κ1) is 15.9. The molecule has 0 radical (unpaired) electrons. The van der Waals surface area contributed by atoms with Gasteiger partial charge in [-0.3, -0.25) is 0 Å². The normalized spacial score (nSPS) is 24.3. The van der Waals surface area contributed by atoms with E-state index in [0.29, 0.717) is 0 Å². The van der Waals surface area contributed by atoms with E-state index in [1.54, 1.807) is 0 Å². The molecule has 0 saturated carbocycles. The van der Waals surface area contributed by atoms with Crippen molar-refractivity contribution in [2.75, 3.05) is 32.8 Å². The number of hydrogen-bond donors (Lipinski definition) is 2. The maximum absolute atomic E-state index is 9.44. The van der Waals surface area contributed by atoms with Gasteiger partial charge in [0.25, 0.3) is 0 Å². The van der Waals surface area contributed by atoms with Crippen molar-refractivity contribution in [1.82, 2.24) is 10.2 Å². The molecule has 0 aromatic heterocycles. The molecule has 1 heterocycles. The SMILES string of the molecule is CCCC1CCN(CCCC(C)(CO)NCC)C1.